The number of para-hydroxylation sites is 3. The summed E-state index contributed by atoms with van der Waals surface area (Å²) in [4.78, 5) is 2.14. The van der Waals surface area contributed by atoms with Crippen LogP contribution in [-0.4, -0.2) is 23.8 Å². The fourth-order valence-corrected chi connectivity index (χ4v) is 5.93. The van der Waals surface area contributed by atoms with Crippen molar-refractivity contribution in [2.45, 2.75) is 37.5 Å². The molecular weight excluding hydrogens is 396 g/mol. The Labute approximate surface area is 188 Å². The summed E-state index contributed by atoms with van der Waals surface area (Å²) in [5.41, 5.74) is 5.13. The molecule has 0 bridgehead atoms. The summed E-state index contributed by atoms with van der Waals surface area (Å²) in [6, 6.07) is 23.9. The zero-order valence-corrected chi connectivity index (χ0v) is 18.5. The van der Waals surface area contributed by atoms with Gasteiger partial charge < -0.3 is 19.7 Å². The molecule has 3 aromatic carbocycles. The first-order valence-corrected chi connectivity index (χ1v) is 11.3. The predicted molar refractivity (Wildman–Crippen MR) is 126 cm³/mol. The Bertz CT molecular complexity index is 1320. The van der Waals surface area contributed by atoms with Crippen molar-refractivity contribution < 1.29 is 10.2 Å². The third-order valence-corrected chi connectivity index (χ3v) is 7.64. The summed E-state index contributed by atoms with van der Waals surface area (Å²) in [7, 11) is 2.03. The molecule has 1 aliphatic carbocycles. The minimum absolute atomic E-state index is 0.233. The molecule has 1 saturated carbocycles. The molecule has 4 heteroatoms. The van der Waals surface area contributed by atoms with E-state index in [1.807, 2.05) is 66.2 Å². The van der Waals surface area contributed by atoms with Crippen molar-refractivity contribution in [1.29, 1.82) is 0 Å². The Balaban J connectivity index is 1.41. The first-order chi connectivity index (χ1) is 15.4. The monoisotopic (exact) mass is 422 g/mol. The van der Waals surface area contributed by atoms with Gasteiger partial charge in [-0.05, 0) is 29.7 Å². The lowest BCUT2D eigenvalue weighted by molar-refractivity contribution is -0.550. The molecule has 1 aliphatic heterocycles. The van der Waals surface area contributed by atoms with Crippen molar-refractivity contribution in [3.05, 3.63) is 90.1 Å². The highest BCUT2D eigenvalue weighted by Crippen LogP contribution is 2.49. The van der Waals surface area contributed by atoms with Crippen LogP contribution in [0.5, 0.6) is 0 Å². The smallest absolute Gasteiger partial charge is 0.0493 e. The molecule has 0 N–H and O–H groups in total. The zero-order valence-electron chi connectivity index (χ0n) is 18.5. The maximum absolute atomic E-state index is 13.5. The number of allylic oxidation sites excluding steroid dienone is 1. The van der Waals surface area contributed by atoms with Gasteiger partial charge in [-0.15, -0.1) is 12.2 Å². The number of anilines is 1. The number of benzene rings is 3. The lowest BCUT2D eigenvalue weighted by Crippen LogP contribution is -2.66. The SMILES string of the molecule is CN1C(=CC2C([O-])C(n3c4ccccc4c4ccccc43)C2[O-])C(C)(C)c2ccccc21. The Morgan fingerprint density at radius 1 is 0.781 bits per heavy atom. The number of aromatic nitrogens is 1. The summed E-state index contributed by atoms with van der Waals surface area (Å²) < 4.78 is 2.01. The molecule has 162 valence electrons. The summed E-state index contributed by atoms with van der Waals surface area (Å²) in [6.07, 6.45) is 0.0222. The van der Waals surface area contributed by atoms with Crippen LogP contribution in [0.25, 0.3) is 21.8 Å². The van der Waals surface area contributed by atoms with E-state index in [-0.39, 0.29) is 5.41 Å². The molecule has 0 saturated heterocycles. The van der Waals surface area contributed by atoms with Crippen LogP contribution in [0.15, 0.2) is 84.6 Å². The van der Waals surface area contributed by atoms with E-state index in [4.69, 9.17) is 0 Å². The van der Waals surface area contributed by atoms with Gasteiger partial charge in [0.2, 0.25) is 0 Å². The van der Waals surface area contributed by atoms with Crippen molar-refractivity contribution in [2.24, 2.45) is 5.92 Å². The highest BCUT2D eigenvalue weighted by molar-refractivity contribution is 6.08. The van der Waals surface area contributed by atoms with Crippen LogP contribution in [0.1, 0.15) is 25.5 Å². The third kappa shape index (κ3) is 2.45. The molecule has 4 nitrogen and oxygen atoms in total. The van der Waals surface area contributed by atoms with Crippen molar-refractivity contribution in [3.63, 3.8) is 0 Å². The molecule has 4 aromatic rings. The number of hydrogen-bond acceptors (Lipinski definition) is 3. The van der Waals surface area contributed by atoms with Crippen molar-refractivity contribution in [3.8, 4) is 0 Å². The molecule has 6 rings (SSSR count). The second-order valence-electron chi connectivity index (χ2n) is 9.65. The van der Waals surface area contributed by atoms with E-state index in [0.717, 1.165) is 33.2 Å². The topological polar surface area (TPSA) is 54.3 Å². The van der Waals surface area contributed by atoms with Gasteiger partial charge in [-0.3, -0.25) is 0 Å². The Kier molecular flexibility index (Phi) is 4.11. The standard InChI is InChI=1S/C28H26N2O2/c1-28(2)20-12-6-9-15-23(20)29(3)24(28)16-19-26(31)25(27(19)32)30-21-13-7-4-10-17(21)18-11-5-8-14-22(18)30/h4-16,19,25-27H,1-3H3/q-2. The first-order valence-electron chi connectivity index (χ1n) is 11.3. The Morgan fingerprint density at radius 2 is 1.31 bits per heavy atom. The van der Waals surface area contributed by atoms with Crippen LogP contribution < -0.4 is 15.1 Å². The second kappa shape index (κ2) is 6.71. The zero-order chi connectivity index (χ0) is 22.2. The number of fused-ring (bicyclic) bond motifs is 4. The van der Waals surface area contributed by atoms with Crippen molar-refractivity contribution >= 4 is 27.5 Å². The van der Waals surface area contributed by atoms with Gasteiger partial charge in [-0.25, -0.2) is 0 Å². The number of nitrogens with zero attached hydrogens (tertiary/aromatic N) is 2. The maximum Gasteiger partial charge on any atom is 0.0493 e. The summed E-state index contributed by atoms with van der Waals surface area (Å²) in [5, 5.41) is 29.3. The molecule has 2 atom stereocenters. The molecule has 0 amide bonds. The average molecular weight is 423 g/mol. The summed E-state index contributed by atoms with van der Waals surface area (Å²) in [6.45, 7) is 4.34. The van der Waals surface area contributed by atoms with E-state index in [1.54, 1.807) is 0 Å². The fraction of sp³-hybridized carbons (Fsp3) is 0.286. The van der Waals surface area contributed by atoms with Gasteiger partial charge >= 0.3 is 0 Å². The maximum atomic E-state index is 13.5. The Morgan fingerprint density at radius 3 is 1.91 bits per heavy atom. The van der Waals surface area contributed by atoms with Crippen LogP contribution >= 0.6 is 0 Å². The number of likely N-dealkylation sites (N-methyl/N-ethyl adjacent to an activating group) is 1. The van der Waals surface area contributed by atoms with E-state index < -0.39 is 24.2 Å². The van der Waals surface area contributed by atoms with Gasteiger partial charge in [0.05, 0.1) is 0 Å². The Hall–Kier alpha value is -3.08. The van der Waals surface area contributed by atoms with Crippen LogP contribution in [0.4, 0.5) is 5.69 Å². The van der Waals surface area contributed by atoms with Crippen LogP contribution in [0.3, 0.4) is 0 Å². The molecule has 2 unspecified atom stereocenters. The lowest BCUT2D eigenvalue weighted by Gasteiger charge is -2.61. The number of rotatable bonds is 2. The van der Waals surface area contributed by atoms with E-state index >= 15 is 0 Å². The van der Waals surface area contributed by atoms with Gasteiger partial charge in [0.1, 0.15) is 0 Å². The van der Waals surface area contributed by atoms with Gasteiger partial charge in [0.15, 0.2) is 0 Å². The fourth-order valence-electron chi connectivity index (χ4n) is 5.93. The largest absolute Gasteiger partial charge is 0.850 e. The number of hydrogen-bond donors (Lipinski definition) is 0. The molecule has 2 aliphatic rings. The van der Waals surface area contributed by atoms with E-state index in [2.05, 4.69) is 43.0 Å². The predicted octanol–water partition coefficient (Wildman–Crippen LogP) is 3.73. The van der Waals surface area contributed by atoms with Crippen molar-refractivity contribution in [1.82, 2.24) is 4.57 Å². The molecular formula is C28H26N2O2-2. The minimum Gasteiger partial charge on any atom is -0.850 e. The molecule has 1 fully saturated rings. The van der Waals surface area contributed by atoms with Crippen LogP contribution in [0.2, 0.25) is 0 Å². The molecule has 2 heterocycles. The van der Waals surface area contributed by atoms with Gasteiger partial charge in [0.25, 0.3) is 0 Å². The van der Waals surface area contributed by atoms with E-state index in [9.17, 15) is 10.2 Å². The van der Waals surface area contributed by atoms with Crippen molar-refractivity contribution in [2.75, 3.05) is 11.9 Å². The van der Waals surface area contributed by atoms with Gasteiger partial charge in [-0.2, -0.15) is 0 Å². The summed E-state index contributed by atoms with van der Waals surface area (Å²) in [5.74, 6) is -0.536. The first kappa shape index (κ1) is 19.6. The molecule has 1 aromatic heterocycles. The van der Waals surface area contributed by atoms with E-state index in [1.165, 1.54) is 5.56 Å². The lowest BCUT2D eigenvalue weighted by atomic mass is 9.71. The molecule has 0 radical (unpaired) electrons. The second-order valence-corrected chi connectivity index (χ2v) is 9.65. The third-order valence-electron chi connectivity index (χ3n) is 7.64. The highest BCUT2D eigenvalue weighted by Gasteiger charge is 2.42. The van der Waals surface area contributed by atoms with E-state index in [0.29, 0.717) is 0 Å². The summed E-state index contributed by atoms with van der Waals surface area (Å²) >= 11 is 0. The quantitative estimate of drug-likeness (QED) is 0.495. The van der Waals surface area contributed by atoms with Gasteiger partial charge in [-0.1, -0.05) is 74.5 Å². The van der Waals surface area contributed by atoms with Crippen LogP contribution in [0, 0.1) is 5.92 Å². The average Bonchev–Trinajstić information content (AvgIpc) is 3.22. The molecule has 32 heavy (non-hydrogen) atoms. The van der Waals surface area contributed by atoms with Gasteiger partial charge in [0, 0.05) is 51.7 Å². The van der Waals surface area contributed by atoms with Crippen LogP contribution in [-0.2, 0) is 5.41 Å². The minimum atomic E-state index is -0.975. The molecule has 0 spiro atoms. The highest BCUT2D eigenvalue weighted by atomic mass is 16.3. The normalized spacial score (nSPS) is 27.8.